The number of hydrogen-bond donors (Lipinski definition) is 1. The molecule has 0 bridgehead atoms. The van der Waals surface area contributed by atoms with Crippen LogP contribution in [-0.4, -0.2) is 22.0 Å². The third-order valence-electron chi connectivity index (χ3n) is 2.15. The molecule has 0 aliphatic rings. The second-order valence-electron chi connectivity index (χ2n) is 3.92. The van der Waals surface area contributed by atoms with Gasteiger partial charge in [0.05, 0.1) is 0 Å². The average molecular weight is 209 g/mol. The number of nitrogens with zero attached hydrogens (tertiary/aromatic N) is 2. The molecule has 0 saturated heterocycles. The molecule has 0 atom stereocenters. The summed E-state index contributed by atoms with van der Waals surface area (Å²) in [5.41, 5.74) is 0. The van der Waals surface area contributed by atoms with Gasteiger partial charge in [0.2, 0.25) is 5.91 Å². The van der Waals surface area contributed by atoms with Gasteiger partial charge in [0.25, 0.3) is 0 Å². The number of rotatable bonds is 5. The topological polar surface area (TPSA) is 46.9 Å². The van der Waals surface area contributed by atoms with Crippen LogP contribution in [0.25, 0.3) is 0 Å². The number of aromatic nitrogens is 2. The van der Waals surface area contributed by atoms with Crippen LogP contribution >= 0.6 is 0 Å². The molecule has 0 aliphatic carbocycles. The molecule has 0 radical (unpaired) electrons. The summed E-state index contributed by atoms with van der Waals surface area (Å²) < 4.78 is 1.90. The molecule has 0 fully saturated rings. The maximum Gasteiger partial charge on any atom is 0.239 e. The van der Waals surface area contributed by atoms with Crippen LogP contribution in [0.2, 0.25) is 0 Å². The molecule has 84 valence electrons. The molecule has 1 rings (SSSR count). The predicted molar refractivity (Wildman–Crippen MR) is 59.6 cm³/mol. The molecule has 4 heteroatoms. The summed E-state index contributed by atoms with van der Waals surface area (Å²) >= 11 is 0. The first-order valence-electron chi connectivity index (χ1n) is 5.42. The van der Waals surface area contributed by atoms with Gasteiger partial charge < -0.3 is 9.88 Å². The van der Waals surface area contributed by atoms with Gasteiger partial charge in [-0.15, -0.1) is 0 Å². The first-order valence-corrected chi connectivity index (χ1v) is 5.42. The Balaban J connectivity index is 2.56. The fourth-order valence-electron chi connectivity index (χ4n) is 1.43. The van der Waals surface area contributed by atoms with Gasteiger partial charge in [-0.3, -0.25) is 4.79 Å². The van der Waals surface area contributed by atoms with E-state index in [4.69, 9.17) is 0 Å². The molecule has 4 nitrogen and oxygen atoms in total. The van der Waals surface area contributed by atoms with E-state index < -0.39 is 0 Å². The molecule has 0 aliphatic heterocycles. The number of amides is 1. The van der Waals surface area contributed by atoms with Crippen molar-refractivity contribution < 1.29 is 4.79 Å². The lowest BCUT2D eigenvalue weighted by atomic mass is 10.2. The van der Waals surface area contributed by atoms with Crippen LogP contribution in [0.5, 0.6) is 0 Å². The highest BCUT2D eigenvalue weighted by atomic mass is 16.1. The zero-order valence-electron chi connectivity index (χ0n) is 9.66. The number of carbonyl (C=O) groups excluding carboxylic acids is 1. The quantitative estimate of drug-likeness (QED) is 0.799. The van der Waals surface area contributed by atoms with E-state index >= 15 is 0 Å². The molecule has 1 aromatic rings. The van der Waals surface area contributed by atoms with Crippen LogP contribution in [0.4, 0.5) is 0 Å². The average Bonchev–Trinajstić information content (AvgIpc) is 2.62. The molecule has 1 amide bonds. The molecule has 0 aromatic carbocycles. The summed E-state index contributed by atoms with van der Waals surface area (Å²) in [6, 6.07) is 0. The van der Waals surface area contributed by atoms with Gasteiger partial charge in [-0.25, -0.2) is 4.98 Å². The minimum Gasteiger partial charge on any atom is -0.355 e. The first-order chi connectivity index (χ1) is 7.15. The van der Waals surface area contributed by atoms with Crippen LogP contribution in [0.1, 0.15) is 38.9 Å². The Morgan fingerprint density at radius 2 is 2.33 bits per heavy atom. The van der Waals surface area contributed by atoms with Gasteiger partial charge in [-0.1, -0.05) is 20.8 Å². The van der Waals surface area contributed by atoms with Gasteiger partial charge >= 0.3 is 0 Å². The van der Waals surface area contributed by atoms with E-state index in [2.05, 4.69) is 24.1 Å². The highest BCUT2D eigenvalue weighted by Crippen LogP contribution is 2.10. The Morgan fingerprint density at radius 3 is 2.93 bits per heavy atom. The summed E-state index contributed by atoms with van der Waals surface area (Å²) in [5, 5.41) is 2.85. The van der Waals surface area contributed by atoms with Crippen LogP contribution in [0.15, 0.2) is 12.4 Å². The molecular formula is C11H19N3O. The van der Waals surface area contributed by atoms with Gasteiger partial charge in [0.15, 0.2) is 0 Å². The highest BCUT2D eigenvalue weighted by Gasteiger charge is 2.09. The lowest BCUT2D eigenvalue weighted by Crippen LogP contribution is -2.28. The van der Waals surface area contributed by atoms with Crippen LogP contribution in [0, 0.1) is 0 Å². The van der Waals surface area contributed by atoms with E-state index in [1.54, 1.807) is 6.20 Å². The van der Waals surface area contributed by atoms with Crippen molar-refractivity contribution in [1.29, 1.82) is 0 Å². The SMILES string of the molecule is CCCNC(=O)Cn1ccnc1C(C)C. The summed E-state index contributed by atoms with van der Waals surface area (Å²) in [5.74, 6) is 1.36. The number of carbonyl (C=O) groups is 1. The molecule has 1 N–H and O–H groups in total. The summed E-state index contributed by atoms with van der Waals surface area (Å²) in [7, 11) is 0. The minimum atomic E-state index is 0.0525. The number of nitrogens with one attached hydrogen (secondary N) is 1. The van der Waals surface area contributed by atoms with Gasteiger partial charge in [0, 0.05) is 24.9 Å². The normalized spacial score (nSPS) is 10.7. The van der Waals surface area contributed by atoms with Crippen molar-refractivity contribution in [3.05, 3.63) is 18.2 Å². The lowest BCUT2D eigenvalue weighted by Gasteiger charge is -2.10. The molecule has 0 saturated carbocycles. The molecule has 0 unspecified atom stereocenters. The molecule has 0 spiro atoms. The number of imidazole rings is 1. The van der Waals surface area contributed by atoms with E-state index in [1.807, 2.05) is 17.7 Å². The van der Waals surface area contributed by atoms with Crippen molar-refractivity contribution in [3.63, 3.8) is 0 Å². The van der Waals surface area contributed by atoms with Gasteiger partial charge in [-0.2, -0.15) is 0 Å². The van der Waals surface area contributed by atoms with Crippen molar-refractivity contribution in [1.82, 2.24) is 14.9 Å². The fourth-order valence-corrected chi connectivity index (χ4v) is 1.43. The third kappa shape index (κ3) is 3.38. The van der Waals surface area contributed by atoms with Crippen molar-refractivity contribution in [2.45, 2.75) is 39.7 Å². The van der Waals surface area contributed by atoms with Crippen molar-refractivity contribution >= 4 is 5.91 Å². The molecule has 1 heterocycles. The summed E-state index contributed by atoms with van der Waals surface area (Å²) in [6.45, 7) is 7.29. The summed E-state index contributed by atoms with van der Waals surface area (Å²) in [4.78, 5) is 15.7. The monoisotopic (exact) mass is 209 g/mol. The molecule has 1 aromatic heterocycles. The third-order valence-corrected chi connectivity index (χ3v) is 2.15. The maximum absolute atomic E-state index is 11.5. The largest absolute Gasteiger partial charge is 0.355 e. The molecular weight excluding hydrogens is 190 g/mol. The maximum atomic E-state index is 11.5. The van der Waals surface area contributed by atoms with Crippen molar-refractivity contribution in [3.8, 4) is 0 Å². The highest BCUT2D eigenvalue weighted by molar-refractivity contribution is 5.75. The predicted octanol–water partition coefficient (Wildman–Crippen LogP) is 1.53. The lowest BCUT2D eigenvalue weighted by molar-refractivity contribution is -0.121. The zero-order chi connectivity index (χ0) is 11.3. The Bertz CT molecular complexity index is 317. The van der Waals surface area contributed by atoms with Crippen LogP contribution in [-0.2, 0) is 11.3 Å². The van der Waals surface area contributed by atoms with E-state index in [1.165, 1.54) is 0 Å². The first kappa shape index (κ1) is 11.8. The number of hydrogen-bond acceptors (Lipinski definition) is 2. The Labute approximate surface area is 90.7 Å². The standard InChI is InChI=1S/C11H19N3O/c1-4-5-12-10(15)8-14-7-6-13-11(14)9(2)3/h6-7,9H,4-5,8H2,1-3H3,(H,12,15). The van der Waals surface area contributed by atoms with Crippen molar-refractivity contribution in [2.75, 3.05) is 6.54 Å². The van der Waals surface area contributed by atoms with E-state index in [0.29, 0.717) is 12.5 Å². The second-order valence-corrected chi connectivity index (χ2v) is 3.92. The Kier molecular flexibility index (Phi) is 4.34. The van der Waals surface area contributed by atoms with Gasteiger partial charge in [-0.05, 0) is 6.42 Å². The van der Waals surface area contributed by atoms with E-state index in [-0.39, 0.29) is 5.91 Å². The minimum absolute atomic E-state index is 0.0525. The van der Waals surface area contributed by atoms with Crippen LogP contribution in [0.3, 0.4) is 0 Å². The van der Waals surface area contributed by atoms with E-state index in [0.717, 1.165) is 18.8 Å². The smallest absolute Gasteiger partial charge is 0.239 e. The zero-order valence-corrected chi connectivity index (χ0v) is 9.66. The van der Waals surface area contributed by atoms with Crippen molar-refractivity contribution in [2.24, 2.45) is 0 Å². The van der Waals surface area contributed by atoms with E-state index in [9.17, 15) is 4.79 Å². The molecule has 15 heavy (non-hydrogen) atoms. The Morgan fingerprint density at radius 1 is 1.60 bits per heavy atom. The second kappa shape index (κ2) is 5.53. The summed E-state index contributed by atoms with van der Waals surface area (Å²) in [6.07, 6.45) is 4.55. The Hall–Kier alpha value is -1.32. The van der Waals surface area contributed by atoms with Gasteiger partial charge in [0.1, 0.15) is 12.4 Å². The fraction of sp³-hybridized carbons (Fsp3) is 0.636. The van der Waals surface area contributed by atoms with Crippen LogP contribution < -0.4 is 5.32 Å².